The van der Waals surface area contributed by atoms with E-state index < -0.39 is 0 Å². The fraction of sp³-hybridized carbons (Fsp3) is 0.409. The summed E-state index contributed by atoms with van der Waals surface area (Å²) in [5.74, 6) is 1.16. The van der Waals surface area contributed by atoms with Gasteiger partial charge in [0.1, 0.15) is 0 Å². The van der Waals surface area contributed by atoms with Crippen molar-refractivity contribution in [1.82, 2.24) is 5.32 Å². The predicted octanol–water partition coefficient (Wildman–Crippen LogP) is 4.26. The Bertz CT molecular complexity index is 727. The Morgan fingerprint density at radius 1 is 1.00 bits per heavy atom. The molecule has 0 heterocycles. The number of ether oxygens (including phenoxy) is 2. The van der Waals surface area contributed by atoms with E-state index >= 15 is 0 Å². The summed E-state index contributed by atoms with van der Waals surface area (Å²) in [5.41, 5.74) is 2.75. The van der Waals surface area contributed by atoms with Gasteiger partial charge >= 0.3 is 0 Å². The maximum absolute atomic E-state index is 12.5. The van der Waals surface area contributed by atoms with Crippen LogP contribution in [0.5, 0.6) is 11.5 Å². The second-order valence-corrected chi connectivity index (χ2v) is 6.54. The standard InChI is InChI=1S/C22H30N2O3/c1-5-7-14-27-20-13-10-18(15-21(20)26-6-2)22(25)23-16-17-8-11-19(12-9-17)24(3)4/h8-13,15H,5-7,14,16H2,1-4H3,(H,23,25). The topological polar surface area (TPSA) is 50.8 Å². The molecule has 0 aliphatic carbocycles. The summed E-state index contributed by atoms with van der Waals surface area (Å²) in [6, 6.07) is 13.4. The highest BCUT2D eigenvalue weighted by Crippen LogP contribution is 2.28. The van der Waals surface area contributed by atoms with Crippen molar-refractivity contribution in [2.75, 3.05) is 32.2 Å². The molecule has 0 saturated carbocycles. The lowest BCUT2D eigenvalue weighted by Crippen LogP contribution is -2.23. The number of hydrogen-bond acceptors (Lipinski definition) is 4. The Morgan fingerprint density at radius 2 is 1.74 bits per heavy atom. The van der Waals surface area contributed by atoms with Crippen LogP contribution in [0, 0.1) is 0 Å². The molecule has 2 rings (SSSR count). The molecular weight excluding hydrogens is 340 g/mol. The van der Waals surface area contributed by atoms with Crippen molar-refractivity contribution in [3.63, 3.8) is 0 Å². The summed E-state index contributed by atoms with van der Waals surface area (Å²) < 4.78 is 11.4. The molecule has 1 amide bonds. The van der Waals surface area contributed by atoms with Gasteiger partial charge in [-0.15, -0.1) is 0 Å². The van der Waals surface area contributed by atoms with Crippen LogP contribution in [-0.4, -0.2) is 33.2 Å². The molecule has 0 atom stereocenters. The summed E-state index contributed by atoms with van der Waals surface area (Å²) in [4.78, 5) is 14.5. The Labute approximate surface area is 162 Å². The number of nitrogens with one attached hydrogen (secondary N) is 1. The Balaban J connectivity index is 2.01. The van der Waals surface area contributed by atoms with Crippen LogP contribution in [0.25, 0.3) is 0 Å². The van der Waals surface area contributed by atoms with Crippen molar-refractivity contribution in [1.29, 1.82) is 0 Å². The molecule has 0 unspecified atom stereocenters. The number of unbranched alkanes of at least 4 members (excludes halogenated alkanes) is 1. The smallest absolute Gasteiger partial charge is 0.251 e. The van der Waals surface area contributed by atoms with Crippen LogP contribution in [0.2, 0.25) is 0 Å². The summed E-state index contributed by atoms with van der Waals surface area (Å²) in [5, 5.41) is 2.96. The molecule has 146 valence electrons. The van der Waals surface area contributed by atoms with E-state index in [9.17, 15) is 4.79 Å². The van der Waals surface area contributed by atoms with E-state index in [1.165, 1.54) is 0 Å². The lowest BCUT2D eigenvalue weighted by molar-refractivity contribution is 0.0950. The number of carbonyl (C=O) groups excluding carboxylic acids is 1. The van der Waals surface area contributed by atoms with Crippen LogP contribution in [0.15, 0.2) is 42.5 Å². The molecule has 0 aliphatic rings. The zero-order chi connectivity index (χ0) is 19.6. The third kappa shape index (κ3) is 6.20. The second kappa shape index (κ2) is 10.5. The van der Waals surface area contributed by atoms with Gasteiger partial charge in [0.05, 0.1) is 13.2 Å². The van der Waals surface area contributed by atoms with Crippen molar-refractivity contribution >= 4 is 11.6 Å². The SMILES string of the molecule is CCCCOc1ccc(C(=O)NCc2ccc(N(C)C)cc2)cc1OCC. The number of amides is 1. The van der Waals surface area contributed by atoms with Gasteiger partial charge in [0.2, 0.25) is 0 Å². The number of hydrogen-bond donors (Lipinski definition) is 1. The first-order valence-corrected chi connectivity index (χ1v) is 9.49. The molecule has 27 heavy (non-hydrogen) atoms. The molecule has 0 radical (unpaired) electrons. The highest BCUT2D eigenvalue weighted by atomic mass is 16.5. The maximum atomic E-state index is 12.5. The zero-order valence-electron chi connectivity index (χ0n) is 16.7. The first-order valence-electron chi connectivity index (χ1n) is 9.49. The molecule has 0 spiro atoms. The number of rotatable bonds is 10. The van der Waals surface area contributed by atoms with Gasteiger partial charge in [0, 0.05) is 31.9 Å². The van der Waals surface area contributed by atoms with Gasteiger partial charge in [-0.3, -0.25) is 4.79 Å². The van der Waals surface area contributed by atoms with Crippen LogP contribution < -0.4 is 19.7 Å². The minimum absolute atomic E-state index is 0.132. The molecule has 0 fully saturated rings. The Hall–Kier alpha value is -2.69. The molecule has 5 heteroatoms. The lowest BCUT2D eigenvalue weighted by Gasteiger charge is -2.14. The monoisotopic (exact) mass is 370 g/mol. The highest BCUT2D eigenvalue weighted by Gasteiger charge is 2.12. The van der Waals surface area contributed by atoms with E-state index in [1.54, 1.807) is 18.2 Å². The molecular formula is C22H30N2O3. The molecule has 0 saturated heterocycles. The molecule has 0 bridgehead atoms. The third-order valence-electron chi connectivity index (χ3n) is 4.17. The molecule has 1 N–H and O–H groups in total. The van der Waals surface area contributed by atoms with Crippen LogP contribution >= 0.6 is 0 Å². The fourth-order valence-corrected chi connectivity index (χ4v) is 2.56. The van der Waals surface area contributed by atoms with Crippen LogP contribution in [0.4, 0.5) is 5.69 Å². The van der Waals surface area contributed by atoms with E-state index in [1.807, 2.05) is 50.2 Å². The minimum Gasteiger partial charge on any atom is -0.490 e. The predicted molar refractivity (Wildman–Crippen MR) is 110 cm³/mol. The zero-order valence-corrected chi connectivity index (χ0v) is 16.7. The van der Waals surface area contributed by atoms with Crippen molar-refractivity contribution in [3.8, 4) is 11.5 Å². The number of carbonyl (C=O) groups is 1. The van der Waals surface area contributed by atoms with Gasteiger partial charge < -0.3 is 19.7 Å². The number of anilines is 1. The van der Waals surface area contributed by atoms with Crippen molar-refractivity contribution < 1.29 is 14.3 Å². The minimum atomic E-state index is -0.132. The van der Waals surface area contributed by atoms with Gasteiger partial charge in [-0.05, 0) is 49.2 Å². The van der Waals surface area contributed by atoms with E-state index in [0.29, 0.717) is 36.8 Å². The van der Waals surface area contributed by atoms with Crippen molar-refractivity contribution in [2.45, 2.75) is 33.2 Å². The fourth-order valence-electron chi connectivity index (χ4n) is 2.56. The molecule has 0 aliphatic heterocycles. The van der Waals surface area contributed by atoms with Gasteiger partial charge in [0.25, 0.3) is 5.91 Å². The maximum Gasteiger partial charge on any atom is 0.251 e. The third-order valence-corrected chi connectivity index (χ3v) is 4.17. The first-order chi connectivity index (χ1) is 13.0. The largest absolute Gasteiger partial charge is 0.490 e. The van der Waals surface area contributed by atoms with Crippen molar-refractivity contribution in [3.05, 3.63) is 53.6 Å². The summed E-state index contributed by atoms with van der Waals surface area (Å²) >= 11 is 0. The average Bonchev–Trinajstić information content (AvgIpc) is 2.68. The van der Waals surface area contributed by atoms with Crippen LogP contribution in [-0.2, 0) is 6.54 Å². The summed E-state index contributed by atoms with van der Waals surface area (Å²) in [6.07, 6.45) is 2.06. The van der Waals surface area contributed by atoms with Crippen molar-refractivity contribution in [2.24, 2.45) is 0 Å². The highest BCUT2D eigenvalue weighted by molar-refractivity contribution is 5.94. The Kier molecular flexibility index (Phi) is 7.99. The normalized spacial score (nSPS) is 10.4. The molecule has 2 aromatic rings. The lowest BCUT2D eigenvalue weighted by atomic mass is 10.1. The van der Waals surface area contributed by atoms with Gasteiger partial charge in [-0.1, -0.05) is 25.5 Å². The number of nitrogens with zero attached hydrogens (tertiary/aromatic N) is 1. The van der Waals surface area contributed by atoms with E-state index in [-0.39, 0.29) is 5.91 Å². The van der Waals surface area contributed by atoms with Gasteiger partial charge in [-0.2, -0.15) is 0 Å². The Morgan fingerprint density at radius 3 is 2.37 bits per heavy atom. The first kappa shape index (κ1) is 20.6. The average molecular weight is 370 g/mol. The summed E-state index contributed by atoms with van der Waals surface area (Å²) in [6.45, 7) is 5.68. The van der Waals surface area contributed by atoms with E-state index in [0.717, 1.165) is 24.1 Å². The van der Waals surface area contributed by atoms with Crippen LogP contribution in [0.3, 0.4) is 0 Å². The summed E-state index contributed by atoms with van der Waals surface area (Å²) in [7, 11) is 4.00. The molecule has 0 aromatic heterocycles. The molecule has 5 nitrogen and oxygen atoms in total. The quantitative estimate of drug-likeness (QED) is 0.635. The van der Waals surface area contributed by atoms with Gasteiger partial charge in [-0.25, -0.2) is 0 Å². The number of benzene rings is 2. The van der Waals surface area contributed by atoms with E-state index in [4.69, 9.17) is 9.47 Å². The van der Waals surface area contributed by atoms with E-state index in [2.05, 4.69) is 12.2 Å². The van der Waals surface area contributed by atoms with Crippen LogP contribution in [0.1, 0.15) is 42.6 Å². The second-order valence-electron chi connectivity index (χ2n) is 6.54. The molecule has 2 aromatic carbocycles. The van der Waals surface area contributed by atoms with Gasteiger partial charge in [0.15, 0.2) is 11.5 Å².